The van der Waals surface area contributed by atoms with Gasteiger partial charge in [0.05, 0.1) is 0 Å². The van der Waals surface area contributed by atoms with Gasteiger partial charge < -0.3 is 11.5 Å². The van der Waals surface area contributed by atoms with E-state index >= 15 is 0 Å². The van der Waals surface area contributed by atoms with E-state index in [0.29, 0.717) is 16.3 Å². The molecule has 0 aliphatic rings. The fraction of sp³-hybridized carbons (Fsp3) is 0. The zero-order valence-electron chi connectivity index (χ0n) is 7.04. The van der Waals surface area contributed by atoms with Gasteiger partial charge in [-0.1, -0.05) is 15.9 Å². The summed E-state index contributed by atoms with van der Waals surface area (Å²) in [6.45, 7) is 0. The zero-order chi connectivity index (χ0) is 11.1. The lowest BCUT2D eigenvalue weighted by atomic mass is 10.2. The maximum atomic E-state index is 12.4. The minimum atomic E-state index is -0.833. The minimum Gasteiger partial charge on any atom is -0.352 e. The van der Waals surface area contributed by atoms with Gasteiger partial charge in [-0.05, 0) is 18.2 Å². The topological polar surface area (TPSA) is 86.2 Å². The van der Waals surface area contributed by atoms with Crippen LogP contribution in [-0.4, -0.2) is 12.3 Å². The van der Waals surface area contributed by atoms with Crippen LogP contribution >= 0.6 is 15.9 Å². The summed E-state index contributed by atoms with van der Waals surface area (Å²) in [5, 5.41) is 0. The summed E-state index contributed by atoms with van der Waals surface area (Å²) in [5.74, 6) is -0.398. The van der Waals surface area contributed by atoms with E-state index in [1.807, 2.05) is 0 Å². The molecule has 1 rings (SSSR count). The Morgan fingerprint density at radius 3 is 2.29 bits per heavy atom. The van der Waals surface area contributed by atoms with E-state index in [1.54, 1.807) is 0 Å². The molecule has 14 heavy (non-hydrogen) atoms. The minimum absolute atomic E-state index is 0.333. The Balaban J connectivity index is 0.000000364. The Morgan fingerprint density at radius 1 is 1.43 bits per heavy atom. The Kier molecular flexibility index (Phi) is 5.47. The molecule has 4 nitrogen and oxygen atoms in total. The third-order valence-corrected chi connectivity index (χ3v) is 1.81. The molecule has 0 heterocycles. The first-order valence-electron chi connectivity index (χ1n) is 3.42. The molecule has 0 spiro atoms. The summed E-state index contributed by atoms with van der Waals surface area (Å²) in [6, 6.07) is 3.13. The number of hydrogen-bond acceptors (Lipinski definition) is 2. The summed E-state index contributed by atoms with van der Waals surface area (Å²) in [4.78, 5) is 19.2. The quantitative estimate of drug-likeness (QED) is 0.751. The zero-order valence-corrected chi connectivity index (χ0v) is 8.62. The van der Waals surface area contributed by atoms with Gasteiger partial charge >= 0.3 is 6.03 Å². The van der Waals surface area contributed by atoms with Gasteiger partial charge in [-0.25, -0.2) is 9.18 Å². The van der Waals surface area contributed by atoms with Crippen LogP contribution in [0.5, 0.6) is 0 Å². The number of urea groups is 1. The average molecular weight is 263 g/mol. The van der Waals surface area contributed by atoms with Crippen LogP contribution in [0.4, 0.5) is 9.18 Å². The molecule has 0 saturated heterocycles. The predicted octanol–water partition coefficient (Wildman–Crippen LogP) is 1.42. The van der Waals surface area contributed by atoms with E-state index < -0.39 is 11.8 Å². The highest BCUT2D eigenvalue weighted by Gasteiger charge is 1.98. The molecule has 0 fully saturated rings. The highest BCUT2D eigenvalue weighted by atomic mass is 79.9. The predicted molar refractivity (Wildman–Crippen MR) is 53.3 cm³/mol. The Morgan fingerprint density at radius 2 is 1.93 bits per heavy atom. The van der Waals surface area contributed by atoms with Crippen LogP contribution < -0.4 is 11.5 Å². The summed E-state index contributed by atoms with van der Waals surface area (Å²) in [5.41, 5.74) is 8.83. The Hall–Kier alpha value is -1.43. The van der Waals surface area contributed by atoms with Crippen LogP contribution in [0.3, 0.4) is 0 Å². The highest BCUT2D eigenvalue weighted by Crippen LogP contribution is 2.15. The second kappa shape index (κ2) is 6.09. The van der Waals surface area contributed by atoms with E-state index in [1.165, 1.54) is 18.2 Å². The average Bonchev–Trinajstić information content (AvgIpc) is 2.08. The SMILES string of the molecule is NC(N)=O.O=Cc1cc(F)ccc1Br. The van der Waals surface area contributed by atoms with Gasteiger partial charge in [-0.3, -0.25) is 4.79 Å². The normalized spacial score (nSPS) is 8.43. The molecular formula is C8H8BrFN2O2. The fourth-order valence-corrected chi connectivity index (χ4v) is 0.945. The second-order valence-electron chi connectivity index (χ2n) is 2.19. The molecule has 0 atom stereocenters. The Labute approximate surface area is 88.2 Å². The number of nitrogens with two attached hydrogens (primary N) is 2. The fourth-order valence-electron chi connectivity index (χ4n) is 0.605. The first-order chi connectivity index (χ1) is 6.47. The molecule has 0 saturated carbocycles. The maximum absolute atomic E-state index is 12.4. The lowest BCUT2D eigenvalue weighted by Crippen LogP contribution is -2.18. The van der Waals surface area contributed by atoms with Crippen LogP contribution in [-0.2, 0) is 0 Å². The van der Waals surface area contributed by atoms with Gasteiger partial charge in [-0.15, -0.1) is 0 Å². The summed E-state index contributed by atoms with van der Waals surface area (Å²) < 4.78 is 13.0. The van der Waals surface area contributed by atoms with Crippen LogP contribution in [0, 0.1) is 5.82 Å². The van der Waals surface area contributed by atoms with Crippen molar-refractivity contribution in [3.8, 4) is 0 Å². The van der Waals surface area contributed by atoms with Gasteiger partial charge in [0, 0.05) is 10.0 Å². The molecule has 0 aromatic heterocycles. The number of carbonyl (C=O) groups excluding carboxylic acids is 2. The summed E-state index contributed by atoms with van der Waals surface area (Å²) in [7, 11) is 0. The molecule has 4 N–H and O–H groups in total. The molecule has 1 aromatic rings. The highest BCUT2D eigenvalue weighted by molar-refractivity contribution is 9.10. The number of rotatable bonds is 1. The summed E-state index contributed by atoms with van der Waals surface area (Å²) in [6.07, 6.45) is 0.604. The number of carbonyl (C=O) groups is 2. The van der Waals surface area contributed by atoms with E-state index in [0.717, 1.165) is 0 Å². The Bertz CT molecular complexity index is 340. The van der Waals surface area contributed by atoms with Crippen molar-refractivity contribution >= 4 is 28.2 Å². The number of benzene rings is 1. The first-order valence-corrected chi connectivity index (χ1v) is 4.21. The van der Waals surface area contributed by atoms with Crippen LogP contribution in [0.1, 0.15) is 10.4 Å². The van der Waals surface area contributed by atoms with Crippen LogP contribution in [0.2, 0.25) is 0 Å². The number of primary amides is 2. The van der Waals surface area contributed by atoms with E-state index in [4.69, 9.17) is 4.79 Å². The number of amides is 2. The van der Waals surface area contributed by atoms with Crippen molar-refractivity contribution in [2.45, 2.75) is 0 Å². The smallest absolute Gasteiger partial charge is 0.309 e. The third-order valence-electron chi connectivity index (χ3n) is 1.09. The molecule has 0 bridgehead atoms. The van der Waals surface area contributed by atoms with Gasteiger partial charge in [0.2, 0.25) is 0 Å². The van der Waals surface area contributed by atoms with Gasteiger partial charge in [0.1, 0.15) is 5.82 Å². The van der Waals surface area contributed by atoms with Crippen molar-refractivity contribution in [3.63, 3.8) is 0 Å². The lowest BCUT2D eigenvalue weighted by Gasteiger charge is -1.93. The van der Waals surface area contributed by atoms with Crippen molar-refractivity contribution in [2.75, 3.05) is 0 Å². The first kappa shape index (κ1) is 12.6. The maximum Gasteiger partial charge on any atom is 0.309 e. The molecule has 0 aliphatic carbocycles. The van der Waals surface area contributed by atoms with E-state index in [-0.39, 0.29) is 0 Å². The molecular weight excluding hydrogens is 255 g/mol. The van der Waals surface area contributed by atoms with Crippen molar-refractivity contribution in [3.05, 3.63) is 34.1 Å². The number of aldehydes is 1. The van der Waals surface area contributed by atoms with Crippen molar-refractivity contribution < 1.29 is 14.0 Å². The number of hydrogen-bond donors (Lipinski definition) is 2. The molecule has 2 amide bonds. The second-order valence-corrected chi connectivity index (χ2v) is 3.04. The number of halogens is 2. The molecule has 76 valence electrons. The van der Waals surface area contributed by atoms with E-state index in [9.17, 15) is 9.18 Å². The molecule has 0 radical (unpaired) electrons. The van der Waals surface area contributed by atoms with Gasteiger partial charge in [0.15, 0.2) is 6.29 Å². The summed E-state index contributed by atoms with van der Waals surface area (Å²) >= 11 is 3.09. The van der Waals surface area contributed by atoms with Crippen molar-refractivity contribution in [1.29, 1.82) is 0 Å². The van der Waals surface area contributed by atoms with E-state index in [2.05, 4.69) is 27.4 Å². The van der Waals surface area contributed by atoms with Crippen LogP contribution in [0.15, 0.2) is 22.7 Å². The lowest BCUT2D eigenvalue weighted by molar-refractivity contribution is 0.112. The molecule has 1 aromatic carbocycles. The standard InChI is InChI=1S/C7H4BrFO.CH4N2O/c8-7-2-1-6(9)3-5(7)4-10;2-1(3)4/h1-4H;(H4,2,3,4). The third kappa shape index (κ3) is 5.26. The van der Waals surface area contributed by atoms with Crippen molar-refractivity contribution in [2.24, 2.45) is 11.5 Å². The van der Waals surface area contributed by atoms with Gasteiger partial charge in [0.25, 0.3) is 0 Å². The van der Waals surface area contributed by atoms with Crippen LogP contribution in [0.25, 0.3) is 0 Å². The monoisotopic (exact) mass is 262 g/mol. The largest absolute Gasteiger partial charge is 0.352 e. The molecule has 0 aliphatic heterocycles. The molecule has 6 heteroatoms. The molecule has 0 unspecified atom stereocenters. The van der Waals surface area contributed by atoms with Crippen molar-refractivity contribution in [1.82, 2.24) is 0 Å². The van der Waals surface area contributed by atoms with Gasteiger partial charge in [-0.2, -0.15) is 0 Å².